The molecule has 0 amide bonds. The Labute approximate surface area is 222 Å². The highest BCUT2D eigenvalue weighted by Crippen LogP contribution is 2.37. The predicted octanol–water partition coefficient (Wildman–Crippen LogP) is 6.57. The third-order valence-corrected chi connectivity index (χ3v) is 6.51. The maximum atomic E-state index is 13.4. The number of rotatable bonds is 5. The molecule has 0 fully saturated rings. The van der Waals surface area contributed by atoms with Crippen molar-refractivity contribution >= 4 is 27.5 Å². The summed E-state index contributed by atoms with van der Waals surface area (Å²) in [4.78, 5) is 24.8. The van der Waals surface area contributed by atoms with E-state index in [-0.39, 0.29) is 11.1 Å². The molecule has 6 rings (SSSR count). The van der Waals surface area contributed by atoms with E-state index >= 15 is 0 Å². The number of carboxylic acid groups (broad SMARTS) is 1. The van der Waals surface area contributed by atoms with E-state index in [0.717, 1.165) is 16.3 Å². The third-order valence-electron chi connectivity index (χ3n) is 6.51. The van der Waals surface area contributed by atoms with Crippen molar-refractivity contribution in [1.29, 1.82) is 5.26 Å². The topological polar surface area (TPSA) is 105 Å². The summed E-state index contributed by atoms with van der Waals surface area (Å²) in [6.45, 7) is 0. The molecule has 7 nitrogen and oxygen atoms in total. The van der Waals surface area contributed by atoms with Gasteiger partial charge in [-0.15, -0.1) is 0 Å². The van der Waals surface area contributed by atoms with Gasteiger partial charge in [-0.25, -0.2) is 4.79 Å². The van der Waals surface area contributed by atoms with Crippen molar-refractivity contribution in [1.82, 2.24) is 9.78 Å². The Bertz CT molecular complexity index is 1990. The van der Waals surface area contributed by atoms with Gasteiger partial charge in [0.1, 0.15) is 11.5 Å². The van der Waals surface area contributed by atoms with Gasteiger partial charge in [-0.1, -0.05) is 42.5 Å². The van der Waals surface area contributed by atoms with Crippen LogP contribution in [0.25, 0.3) is 38.5 Å². The molecule has 0 aliphatic rings. The molecule has 39 heavy (non-hydrogen) atoms. The van der Waals surface area contributed by atoms with E-state index in [1.807, 2.05) is 48.5 Å². The lowest BCUT2D eigenvalue weighted by molar-refractivity contribution is 0.0697. The van der Waals surface area contributed by atoms with Crippen molar-refractivity contribution < 1.29 is 14.6 Å². The Hall–Kier alpha value is -5.74. The summed E-state index contributed by atoms with van der Waals surface area (Å²) < 4.78 is 7.48. The minimum atomic E-state index is -1.05. The number of aromatic carboxylic acids is 1. The highest BCUT2D eigenvalue weighted by atomic mass is 16.5. The molecule has 1 aromatic heterocycles. The number of hydrogen-bond acceptors (Lipinski definition) is 5. The van der Waals surface area contributed by atoms with Crippen LogP contribution in [0.3, 0.4) is 0 Å². The number of nitriles is 1. The Morgan fingerprint density at radius 3 is 2.08 bits per heavy atom. The normalized spacial score (nSPS) is 10.8. The highest BCUT2D eigenvalue weighted by Gasteiger charge is 2.17. The quantitative estimate of drug-likeness (QED) is 0.282. The third kappa shape index (κ3) is 4.26. The largest absolute Gasteiger partial charge is 0.478 e. The first kappa shape index (κ1) is 23.6. The molecule has 0 bridgehead atoms. The van der Waals surface area contributed by atoms with Crippen LogP contribution < -0.4 is 10.3 Å². The van der Waals surface area contributed by atoms with Crippen molar-refractivity contribution in [2.45, 2.75) is 0 Å². The summed E-state index contributed by atoms with van der Waals surface area (Å²) in [6.07, 6.45) is 0. The van der Waals surface area contributed by atoms with E-state index in [0.29, 0.717) is 39.2 Å². The van der Waals surface area contributed by atoms with Crippen molar-refractivity contribution in [3.63, 3.8) is 0 Å². The van der Waals surface area contributed by atoms with Crippen LogP contribution in [0.15, 0.2) is 114 Å². The van der Waals surface area contributed by atoms with Gasteiger partial charge in [-0.3, -0.25) is 4.79 Å². The van der Waals surface area contributed by atoms with Gasteiger partial charge >= 0.3 is 5.97 Å². The molecule has 1 heterocycles. The summed E-state index contributed by atoms with van der Waals surface area (Å²) in [7, 11) is 0. The fraction of sp³-hybridized carbons (Fsp3) is 0. The molecule has 5 aromatic carbocycles. The molecule has 0 atom stereocenters. The SMILES string of the molecule is N#Cc1ccc(Oc2ccc(-c3nn(-c4ccc(C(=O)O)cc4)c(=O)c4ccccc34)c3ccccc23)cc1. The lowest BCUT2D eigenvalue weighted by Gasteiger charge is -2.15. The van der Waals surface area contributed by atoms with Gasteiger partial charge in [-0.05, 0) is 72.1 Å². The van der Waals surface area contributed by atoms with Gasteiger partial charge in [0.2, 0.25) is 0 Å². The van der Waals surface area contributed by atoms with Gasteiger partial charge in [0, 0.05) is 16.3 Å². The second-order valence-electron chi connectivity index (χ2n) is 8.86. The number of carbonyl (C=O) groups is 1. The van der Waals surface area contributed by atoms with Crippen LogP contribution in [-0.4, -0.2) is 20.9 Å². The van der Waals surface area contributed by atoms with Crippen LogP contribution in [0, 0.1) is 11.3 Å². The second kappa shape index (κ2) is 9.61. The molecule has 186 valence electrons. The van der Waals surface area contributed by atoms with Gasteiger partial charge in [0.15, 0.2) is 0 Å². The second-order valence-corrected chi connectivity index (χ2v) is 8.86. The van der Waals surface area contributed by atoms with E-state index in [9.17, 15) is 14.7 Å². The van der Waals surface area contributed by atoms with Crippen LogP contribution in [0.1, 0.15) is 15.9 Å². The molecule has 0 aliphatic carbocycles. The molecule has 7 heteroatoms. The van der Waals surface area contributed by atoms with Gasteiger partial charge < -0.3 is 9.84 Å². The zero-order valence-electron chi connectivity index (χ0n) is 20.4. The van der Waals surface area contributed by atoms with Gasteiger partial charge in [0.05, 0.1) is 34.0 Å². The number of carboxylic acids is 1. The zero-order chi connectivity index (χ0) is 26.9. The summed E-state index contributed by atoms with van der Waals surface area (Å²) >= 11 is 0. The number of nitrogens with zero attached hydrogens (tertiary/aromatic N) is 3. The number of ether oxygens (including phenoxy) is 1. The van der Waals surface area contributed by atoms with E-state index < -0.39 is 5.97 Å². The van der Waals surface area contributed by atoms with E-state index in [1.54, 1.807) is 48.5 Å². The smallest absolute Gasteiger partial charge is 0.335 e. The maximum Gasteiger partial charge on any atom is 0.335 e. The molecule has 0 aliphatic heterocycles. The van der Waals surface area contributed by atoms with Crippen LogP contribution in [0.5, 0.6) is 11.5 Å². The predicted molar refractivity (Wildman–Crippen MR) is 148 cm³/mol. The Kier molecular flexibility index (Phi) is 5.83. The molecule has 0 spiro atoms. The number of fused-ring (bicyclic) bond motifs is 2. The number of hydrogen-bond donors (Lipinski definition) is 1. The Morgan fingerprint density at radius 2 is 1.41 bits per heavy atom. The van der Waals surface area contributed by atoms with Gasteiger partial charge in [0.25, 0.3) is 5.56 Å². The minimum absolute atomic E-state index is 0.122. The highest BCUT2D eigenvalue weighted by molar-refractivity contribution is 6.05. The molecule has 0 saturated carbocycles. The standard InChI is InChI=1S/C32H19N3O4/c33-19-20-9-15-23(16-10-20)39-29-18-17-27(24-5-1-2-6-25(24)29)30-26-7-3-4-8-28(26)31(36)35(34-30)22-13-11-21(12-14-22)32(37)38/h1-18H,(H,37,38). The molecular weight excluding hydrogens is 490 g/mol. The molecular formula is C32H19N3O4. The molecule has 0 radical (unpaired) electrons. The first-order valence-corrected chi connectivity index (χ1v) is 12.1. The average Bonchev–Trinajstić information content (AvgIpc) is 2.98. The van der Waals surface area contributed by atoms with Crippen molar-refractivity contribution in [3.8, 4) is 34.5 Å². The molecule has 0 saturated heterocycles. The van der Waals surface area contributed by atoms with Crippen LogP contribution in [0.2, 0.25) is 0 Å². The monoisotopic (exact) mass is 509 g/mol. The first-order valence-electron chi connectivity index (χ1n) is 12.1. The first-order chi connectivity index (χ1) is 19.0. The fourth-order valence-electron chi connectivity index (χ4n) is 4.60. The van der Waals surface area contributed by atoms with Crippen molar-refractivity contribution in [2.75, 3.05) is 0 Å². The van der Waals surface area contributed by atoms with E-state index in [1.165, 1.54) is 16.8 Å². The fourth-order valence-corrected chi connectivity index (χ4v) is 4.60. The van der Waals surface area contributed by atoms with Crippen LogP contribution >= 0.6 is 0 Å². The van der Waals surface area contributed by atoms with Crippen molar-refractivity contribution in [3.05, 3.63) is 131 Å². The lowest BCUT2D eigenvalue weighted by Crippen LogP contribution is -2.22. The average molecular weight is 510 g/mol. The molecule has 1 N–H and O–H groups in total. The number of benzene rings is 5. The molecule has 6 aromatic rings. The van der Waals surface area contributed by atoms with Crippen LogP contribution in [-0.2, 0) is 0 Å². The van der Waals surface area contributed by atoms with E-state index in [2.05, 4.69) is 6.07 Å². The Balaban J connectivity index is 1.54. The summed E-state index contributed by atoms with van der Waals surface area (Å²) in [5.74, 6) is 0.200. The minimum Gasteiger partial charge on any atom is -0.478 e. The van der Waals surface area contributed by atoms with Crippen LogP contribution in [0.4, 0.5) is 0 Å². The summed E-state index contributed by atoms with van der Waals surface area (Å²) in [6, 6.07) is 33.9. The Morgan fingerprint density at radius 1 is 0.769 bits per heavy atom. The number of aromatic nitrogens is 2. The summed E-state index contributed by atoms with van der Waals surface area (Å²) in [5.41, 5.74) is 2.24. The zero-order valence-corrected chi connectivity index (χ0v) is 20.4. The van der Waals surface area contributed by atoms with E-state index in [4.69, 9.17) is 15.1 Å². The lowest BCUT2D eigenvalue weighted by atomic mass is 9.98. The maximum absolute atomic E-state index is 13.4. The summed E-state index contributed by atoms with van der Waals surface area (Å²) in [5, 5.41) is 26.1. The molecule has 0 unspecified atom stereocenters. The van der Waals surface area contributed by atoms with Crippen molar-refractivity contribution in [2.24, 2.45) is 0 Å². The van der Waals surface area contributed by atoms with Gasteiger partial charge in [-0.2, -0.15) is 15.0 Å².